The molecule has 1 unspecified atom stereocenters. The van der Waals surface area contributed by atoms with Gasteiger partial charge in [0, 0.05) is 18.6 Å². The average molecular weight is 272 g/mol. The lowest BCUT2D eigenvalue weighted by Gasteiger charge is -2.39. The van der Waals surface area contributed by atoms with Crippen molar-refractivity contribution in [3.63, 3.8) is 0 Å². The minimum atomic E-state index is 0.108. The molecule has 3 nitrogen and oxygen atoms in total. The van der Waals surface area contributed by atoms with Crippen molar-refractivity contribution in [3.05, 3.63) is 35.9 Å². The molecule has 0 bridgehead atoms. The van der Waals surface area contributed by atoms with Gasteiger partial charge in [0.25, 0.3) is 0 Å². The Balaban J connectivity index is 2.20. The Labute approximate surface area is 121 Å². The summed E-state index contributed by atoms with van der Waals surface area (Å²) in [5, 5.41) is 18.6. The summed E-state index contributed by atoms with van der Waals surface area (Å²) in [5.74, 6) is 0. The van der Waals surface area contributed by atoms with Crippen molar-refractivity contribution in [1.82, 2.24) is 4.90 Å². The van der Waals surface area contributed by atoms with E-state index in [4.69, 9.17) is 0 Å². The van der Waals surface area contributed by atoms with Gasteiger partial charge < -0.3 is 5.11 Å². The summed E-state index contributed by atoms with van der Waals surface area (Å²) in [4.78, 5) is 2.36. The molecule has 1 aliphatic rings. The summed E-state index contributed by atoms with van der Waals surface area (Å²) >= 11 is 0. The molecule has 0 aliphatic heterocycles. The summed E-state index contributed by atoms with van der Waals surface area (Å²) in [6.45, 7) is 0.817. The van der Waals surface area contributed by atoms with Crippen LogP contribution in [0.3, 0.4) is 0 Å². The Morgan fingerprint density at radius 2 is 1.90 bits per heavy atom. The molecule has 1 aromatic carbocycles. The zero-order valence-electron chi connectivity index (χ0n) is 12.0. The van der Waals surface area contributed by atoms with Gasteiger partial charge in [0.1, 0.15) is 0 Å². The molecule has 1 saturated carbocycles. The number of benzene rings is 1. The van der Waals surface area contributed by atoms with Crippen LogP contribution in [0.25, 0.3) is 0 Å². The third kappa shape index (κ3) is 3.82. The molecular weight excluding hydrogens is 248 g/mol. The second-order valence-corrected chi connectivity index (χ2v) is 5.54. The van der Waals surface area contributed by atoms with E-state index in [1.54, 1.807) is 0 Å². The van der Waals surface area contributed by atoms with Crippen molar-refractivity contribution < 1.29 is 5.11 Å². The summed E-state index contributed by atoms with van der Waals surface area (Å²) in [5.41, 5.74) is 1.19. The van der Waals surface area contributed by atoms with Crippen LogP contribution in [-0.2, 0) is 0 Å². The zero-order valence-corrected chi connectivity index (χ0v) is 12.0. The van der Waals surface area contributed by atoms with E-state index in [2.05, 4.69) is 23.1 Å². The first-order valence-corrected chi connectivity index (χ1v) is 7.65. The Kier molecular flexibility index (Phi) is 6.04. The predicted molar refractivity (Wildman–Crippen MR) is 80.1 cm³/mol. The highest BCUT2D eigenvalue weighted by molar-refractivity contribution is 5.20. The smallest absolute Gasteiger partial charge is 0.0641 e. The van der Waals surface area contributed by atoms with Crippen molar-refractivity contribution in [2.24, 2.45) is 0 Å². The third-order valence-corrected chi connectivity index (χ3v) is 4.27. The van der Waals surface area contributed by atoms with Gasteiger partial charge in [0.2, 0.25) is 0 Å². The fraction of sp³-hybridized carbons (Fsp3) is 0.588. The van der Waals surface area contributed by atoms with E-state index in [9.17, 15) is 10.4 Å². The lowest BCUT2D eigenvalue weighted by Crippen LogP contribution is -2.41. The number of aliphatic hydroxyl groups is 1. The van der Waals surface area contributed by atoms with Crippen molar-refractivity contribution in [2.45, 2.75) is 50.6 Å². The minimum absolute atomic E-state index is 0.108. The summed E-state index contributed by atoms with van der Waals surface area (Å²) in [7, 11) is 0. The van der Waals surface area contributed by atoms with Crippen LogP contribution < -0.4 is 0 Å². The predicted octanol–water partition coefficient (Wildman–Crippen LogP) is 3.27. The lowest BCUT2D eigenvalue weighted by atomic mass is 9.91. The van der Waals surface area contributed by atoms with Gasteiger partial charge in [-0.15, -0.1) is 0 Å². The molecule has 0 aromatic heterocycles. The molecule has 0 amide bonds. The molecule has 108 valence electrons. The van der Waals surface area contributed by atoms with E-state index < -0.39 is 0 Å². The minimum Gasteiger partial charge on any atom is -0.395 e. The normalized spacial score (nSPS) is 17.9. The van der Waals surface area contributed by atoms with Crippen LogP contribution in [0.15, 0.2) is 30.3 Å². The van der Waals surface area contributed by atoms with Crippen LogP contribution in [0.1, 0.15) is 50.1 Å². The van der Waals surface area contributed by atoms with Crippen LogP contribution in [0.2, 0.25) is 0 Å². The molecule has 2 rings (SSSR count). The lowest BCUT2D eigenvalue weighted by molar-refractivity contribution is 0.0813. The molecular formula is C17H24N2O. The highest BCUT2D eigenvalue weighted by atomic mass is 16.3. The Morgan fingerprint density at radius 3 is 2.50 bits per heavy atom. The number of aliphatic hydroxyl groups excluding tert-OH is 1. The molecule has 1 aliphatic carbocycles. The van der Waals surface area contributed by atoms with E-state index >= 15 is 0 Å². The number of hydrogen-bond donors (Lipinski definition) is 1. The van der Waals surface area contributed by atoms with Gasteiger partial charge >= 0.3 is 0 Å². The van der Waals surface area contributed by atoms with Crippen LogP contribution in [-0.4, -0.2) is 29.2 Å². The van der Waals surface area contributed by atoms with Crippen LogP contribution in [0.4, 0.5) is 0 Å². The quantitative estimate of drug-likeness (QED) is 0.864. The van der Waals surface area contributed by atoms with Gasteiger partial charge in [0.05, 0.1) is 19.1 Å². The van der Waals surface area contributed by atoms with E-state index in [0.29, 0.717) is 19.0 Å². The fourth-order valence-electron chi connectivity index (χ4n) is 3.31. The second kappa shape index (κ2) is 8.04. The van der Waals surface area contributed by atoms with Crippen LogP contribution >= 0.6 is 0 Å². The van der Waals surface area contributed by atoms with Gasteiger partial charge in [-0.25, -0.2) is 0 Å². The highest BCUT2D eigenvalue weighted by Gasteiger charge is 2.28. The number of rotatable bonds is 6. The standard InChI is InChI=1S/C17H24N2O/c18-12-11-17(15-7-3-1-4-8-15)19(13-14-20)16-9-5-2-6-10-16/h1,3-4,7-8,16-17,20H,2,5-6,9-11,13-14H2. The number of nitriles is 1. The maximum absolute atomic E-state index is 9.41. The molecule has 1 fully saturated rings. The monoisotopic (exact) mass is 272 g/mol. The molecule has 1 N–H and O–H groups in total. The third-order valence-electron chi connectivity index (χ3n) is 4.27. The van der Waals surface area contributed by atoms with Crippen molar-refractivity contribution in [2.75, 3.05) is 13.2 Å². The molecule has 0 spiro atoms. The van der Waals surface area contributed by atoms with Crippen LogP contribution in [0.5, 0.6) is 0 Å². The molecule has 1 atom stereocenters. The average Bonchev–Trinajstić information content (AvgIpc) is 2.52. The van der Waals surface area contributed by atoms with Gasteiger partial charge in [-0.1, -0.05) is 49.6 Å². The van der Waals surface area contributed by atoms with Crippen molar-refractivity contribution in [1.29, 1.82) is 5.26 Å². The van der Waals surface area contributed by atoms with Gasteiger partial charge in [-0.2, -0.15) is 5.26 Å². The SMILES string of the molecule is N#CCC(c1ccccc1)N(CCO)C1CCCCC1. The Bertz CT molecular complexity index is 420. The fourth-order valence-corrected chi connectivity index (χ4v) is 3.31. The topological polar surface area (TPSA) is 47.3 Å². The Hall–Kier alpha value is -1.37. The zero-order chi connectivity index (χ0) is 14.2. The van der Waals surface area contributed by atoms with Crippen molar-refractivity contribution >= 4 is 0 Å². The summed E-state index contributed by atoms with van der Waals surface area (Å²) < 4.78 is 0. The van der Waals surface area contributed by atoms with E-state index in [1.807, 2.05) is 18.2 Å². The van der Waals surface area contributed by atoms with Gasteiger partial charge in [0.15, 0.2) is 0 Å². The maximum Gasteiger partial charge on any atom is 0.0641 e. The Morgan fingerprint density at radius 1 is 1.20 bits per heavy atom. The molecule has 3 heteroatoms. The first kappa shape index (κ1) is 15.0. The summed E-state index contributed by atoms with van der Waals surface area (Å²) in [6, 6.07) is 13.2. The van der Waals surface area contributed by atoms with E-state index in [0.717, 1.165) is 0 Å². The molecule has 0 saturated heterocycles. The second-order valence-electron chi connectivity index (χ2n) is 5.54. The van der Waals surface area contributed by atoms with E-state index in [1.165, 1.54) is 37.7 Å². The summed E-state index contributed by atoms with van der Waals surface area (Å²) in [6.07, 6.45) is 6.71. The highest BCUT2D eigenvalue weighted by Crippen LogP contribution is 2.31. The first-order chi connectivity index (χ1) is 9.86. The van der Waals surface area contributed by atoms with E-state index in [-0.39, 0.29) is 12.6 Å². The molecule has 0 radical (unpaired) electrons. The molecule has 1 aromatic rings. The van der Waals surface area contributed by atoms with Gasteiger partial charge in [-0.3, -0.25) is 4.90 Å². The first-order valence-electron chi connectivity index (χ1n) is 7.65. The van der Waals surface area contributed by atoms with Crippen LogP contribution in [0, 0.1) is 11.3 Å². The number of nitrogens with zero attached hydrogens (tertiary/aromatic N) is 2. The maximum atomic E-state index is 9.41. The molecule has 0 heterocycles. The van der Waals surface area contributed by atoms with Gasteiger partial charge in [-0.05, 0) is 18.4 Å². The molecule has 20 heavy (non-hydrogen) atoms. The number of hydrogen-bond acceptors (Lipinski definition) is 3. The largest absolute Gasteiger partial charge is 0.395 e. The van der Waals surface area contributed by atoms with Crippen molar-refractivity contribution in [3.8, 4) is 6.07 Å².